The third-order valence-corrected chi connectivity index (χ3v) is 3.88. The zero-order valence-corrected chi connectivity index (χ0v) is 12.3. The van der Waals surface area contributed by atoms with Crippen molar-refractivity contribution in [2.45, 2.75) is 19.8 Å². The summed E-state index contributed by atoms with van der Waals surface area (Å²) in [6.45, 7) is 2.12. The molecule has 0 aliphatic carbocycles. The minimum atomic E-state index is -1.17. The van der Waals surface area contributed by atoms with Crippen LogP contribution in [0.3, 0.4) is 0 Å². The molecule has 1 saturated heterocycles. The Morgan fingerprint density at radius 2 is 2.00 bits per heavy atom. The van der Waals surface area contributed by atoms with Gasteiger partial charge in [0.25, 0.3) is 11.8 Å². The molecule has 3 amide bonds. The highest BCUT2D eigenvalue weighted by Gasteiger charge is 2.42. The normalized spacial score (nSPS) is 21.3. The summed E-state index contributed by atoms with van der Waals surface area (Å²) in [7, 11) is 0. The predicted octanol–water partition coefficient (Wildman–Crippen LogP) is 1.02. The number of carbonyl (C=O) groups excluding carboxylic acids is 3. The van der Waals surface area contributed by atoms with Crippen molar-refractivity contribution in [1.29, 1.82) is 0 Å². The second kappa shape index (κ2) is 6.13. The Morgan fingerprint density at radius 3 is 2.67 bits per heavy atom. The van der Waals surface area contributed by atoms with E-state index in [4.69, 9.17) is 11.6 Å². The second-order valence-corrected chi connectivity index (χ2v) is 5.49. The fourth-order valence-corrected chi connectivity index (χ4v) is 2.35. The van der Waals surface area contributed by atoms with Crippen molar-refractivity contribution in [1.82, 2.24) is 16.2 Å². The Morgan fingerprint density at radius 1 is 1.29 bits per heavy atom. The van der Waals surface area contributed by atoms with Gasteiger partial charge in [-0.1, -0.05) is 23.7 Å². The van der Waals surface area contributed by atoms with E-state index in [0.29, 0.717) is 19.4 Å². The van der Waals surface area contributed by atoms with Gasteiger partial charge in [-0.25, -0.2) is 0 Å². The van der Waals surface area contributed by atoms with Crippen LogP contribution >= 0.6 is 11.6 Å². The standard InChI is InChI=1S/C14H16ClN3O3/c1-14(7-4-8-16-12(14)20)13(21)18-17-11(19)9-5-2-3-6-10(9)15/h2-3,5-6H,4,7-8H2,1H3,(H,16,20)(H,17,19)(H,18,21)/t14-/m1/s1. The van der Waals surface area contributed by atoms with Crippen LogP contribution < -0.4 is 16.2 Å². The molecule has 1 atom stereocenters. The third-order valence-electron chi connectivity index (χ3n) is 3.55. The number of hydrogen-bond acceptors (Lipinski definition) is 3. The molecule has 6 nitrogen and oxygen atoms in total. The number of nitrogens with one attached hydrogen (secondary N) is 3. The average Bonchev–Trinajstić information content (AvgIpc) is 2.48. The van der Waals surface area contributed by atoms with Gasteiger partial charge in [0, 0.05) is 6.54 Å². The minimum absolute atomic E-state index is 0.248. The van der Waals surface area contributed by atoms with E-state index in [-0.39, 0.29) is 16.5 Å². The van der Waals surface area contributed by atoms with Gasteiger partial charge in [-0.2, -0.15) is 0 Å². The molecule has 21 heavy (non-hydrogen) atoms. The van der Waals surface area contributed by atoms with Crippen molar-refractivity contribution in [3.05, 3.63) is 34.9 Å². The maximum Gasteiger partial charge on any atom is 0.271 e. The Balaban J connectivity index is 1.99. The van der Waals surface area contributed by atoms with E-state index in [0.717, 1.165) is 0 Å². The van der Waals surface area contributed by atoms with Gasteiger partial charge in [-0.05, 0) is 31.9 Å². The van der Waals surface area contributed by atoms with Crippen LogP contribution in [0, 0.1) is 5.41 Å². The molecule has 0 bridgehead atoms. The number of hydrogen-bond donors (Lipinski definition) is 3. The molecule has 2 rings (SSSR count). The highest BCUT2D eigenvalue weighted by molar-refractivity contribution is 6.33. The lowest BCUT2D eigenvalue weighted by Crippen LogP contribution is -2.56. The summed E-state index contributed by atoms with van der Waals surface area (Å²) in [5, 5.41) is 2.93. The Kier molecular flexibility index (Phi) is 4.47. The van der Waals surface area contributed by atoms with Crippen LogP contribution in [0.5, 0.6) is 0 Å². The summed E-state index contributed by atoms with van der Waals surface area (Å²) >= 11 is 5.90. The smallest absolute Gasteiger partial charge is 0.271 e. The second-order valence-electron chi connectivity index (χ2n) is 5.08. The zero-order chi connectivity index (χ0) is 15.5. The van der Waals surface area contributed by atoms with E-state index >= 15 is 0 Å². The molecule has 1 aliphatic rings. The first kappa shape index (κ1) is 15.3. The summed E-state index contributed by atoms with van der Waals surface area (Å²) in [6, 6.07) is 6.48. The molecule has 1 aromatic rings. The lowest BCUT2D eigenvalue weighted by Gasteiger charge is -2.30. The Hall–Kier alpha value is -2.08. The van der Waals surface area contributed by atoms with E-state index in [1.807, 2.05) is 0 Å². The van der Waals surface area contributed by atoms with Gasteiger partial charge in [0.15, 0.2) is 0 Å². The number of halogens is 1. The number of hydrazine groups is 1. The fraction of sp³-hybridized carbons (Fsp3) is 0.357. The van der Waals surface area contributed by atoms with Crippen molar-refractivity contribution in [3.8, 4) is 0 Å². The van der Waals surface area contributed by atoms with Crippen molar-refractivity contribution in [2.24, 2.45) is 5.41 Å². The molecule has 0 unspecified atom stereocenters. The molecule has 0 saturated carbocycles. The molecule has 1 fully saturated rings. The summed E-state index contributed by atoms with van der Waals surface area (Å²) in [4.78, 5) is 35.9. The minimum Gasteiger partial charge on any atom is -0.355 e. The van der Waals surface area contributed by atoms with Gasteiger partial charge in [0.1, 0.15) is 5.41 Å². The van der Waals surface area contributed by atoms with Gasteiger partial charge in [0.05, 0.1) is 10.6 Å². The molecule has 1 aliphatic heterocycles. The molecule has 0 spiro atoms. The number of piperidine rings is 1. The first-order valence-electron chi connectivity index (χ1n) is 6.59. The molecule has 1 heterocycles. The summed E-state index contributed by atoms with van der Waals surface area (Å²) in [5.41, 5.74) is 3.64. The monoisotopic (exact) mass is 309 g/mol. The van der Waals surface area contributed by atoms with E-state index in [9.17, 15) is 14.4 Å². The highest BCUT2D eigenvalue weighted by Crippen LogP contribution is 2.26. The summed E-state index contributed by atoms with van der Waals surface area (Å²) in [5.74, 6) is -1.41. The highest BCUT2D eigenvalue weighted by atomic mass is 35.5. The van der Waals surface area contributed by atoms with Gasteiger partial charge in [-0.15, -0.1) is 0 Å². The van der Waals surface area contributed by atoms with E-state index in [2.05, 4.69) is 16.2 Å². The van der Waals surface area contributed by atoms with Crippen LogP contribution in [-0.2, 0) is 9.59 Å². The molecular formula is C14H16ClN3O3. The summed E-state index contributed by atoms with van der Waals surface area (Å²) < 4.78 is 0. The molecule has 3 N–H and O–H groups in total. The van der Waals surface area contributed by atoms with E-state index in [1.54, 1.807) is 31.2 Å². The van der Waals surface area contributed by atoms with E-state index in [1.165, 1.54) is 0 Å². The van der Waals surface area contributed by atoms with Gasteiger partial charge < -0.3 is 5.32 Å². The number of rotatable bonds is 2. The van der Waals surface area contributed by atoms with E-state index < -0.39 is 17.2 Å². The molecule has 1 aromatic carbocycles. The van der Waals surface area contributed by atoms with Gasteiger partial charge in [0.2, 0.25) is 5.91 Å². The molecule has 0 radical (unpaired) electrons. The molecule has 112 valence electrons. The third kappa shape index (κ3) is 3.16. The van der Waals surface area contributed by atoms with Crippen LogP contribution in [0.4, 0.5) is 0 Å². The van der Waals surface area contributed by atoms with Crippen molar-refractivity contribution < 1.29 is 14.4 Å². The van der Waals surface area contributed by atoms with Gasteiger partial charge in [-0.3, -0.25) is 25.2 Å². The fourth-order valence-electron chi connectivity index (χ4n) is 2.13. The van der Waals surface area contributed by atoms with Crippen LogP contribution in [0.2, 0.25) is 5.02 Å². The molecule has 0 aromatic heterocycles. The van der Waals surface area contributed by atoms with Crippen LogP contribution in [0.25, 0.3) is 0 Å². The SMILES string of the molecule is C[C@@]1(C(=O)NNC(=O)c2ccccc2Cl)CCCNC1=O. The number of carbonyl (C=O) groups is 3. The maximum atomic E-state index is 12.1. The lowest BCUT2D eigenvalue weighted by atomic mass is 9.81. The first-order valence-corrected chi connectivity index (χ1v) is 6.96. The van der Waals surface area contributed by atoms with Crippen LogP contribution in [0.1, 0.15) is 30.1 Å². The molecule has 7 heteroatoms. The largest absolute Gasteiger partial charge is 0.355 e. The number of amides is 3. The van der Waals surface area contributed by atoms with Crippen LogP contribution in [-0.4, -0.2) is 24.3 Å². The summed E-state index contributed by atoms with van der Waals surface area (Å²) in [6.07, 6.45) is 1.15. The maximum absolute atomic E-state index is 12.1. The topological polar surface area (TPSA) is 87.3 Å². The predicted molar refractivity (Wildman–Crippen MR) is 77.4 cm³/mol. The van der Waals surface area contributed by atoms with Crippen molar-refractivity contribution in [3.63, 3.8) is 0 Å². The average molecular weight is 310 g/mol. The lowest BCUT2D eigenvalue weighted by molar-refractivity contribution is -0.145. The number of benzene rings is 1. The zero-order valence-electron chi connectivity index (χ0n) is 11.5. The first-order chi connectivity index (χ1) is 9.95. The Bertz CT molecular complexity index is 591. The Labute approximate surface area is 127 Å². The molecular weight excluding hydrogens is 294 g/mol. The quantitative estimate of drug-likeness (QED) is 0.563. The van der Waals surface area contributed by atoms with Crippen molar-refractivity contribution in [2.75, 3.05) is 6.54 Å². The van der Waals surface area contributed by atoms with Crippen LogP contribution in [0.15, 0.2) is 24.3 Å². The van der Waals surface area contributed by atoms with Gasteiger partial charge >= 0.3 is 0 Å². The van der Waals surface area contributed by atoms with Crippen molar-refractivity contribution >= 4 is 29.3 Å².